The fraction of sp³-hybridized carbons (Fsp3) is 0.773. The van der Waals surface area contributed by atoms with E-state index < -0.39 is 8.32 Å². The van der Waals surface area contributed by atoms with E-state index in [4.69, 9.17) is 4.43 Å². The zero-order valence-electron chi connectivity index (χ0n) is 17.6. The van der Waals surface area contributed by atoms with Gasteiger partial charge in [0.15, 0.2) is 8.32 Å². The average Bonchev–Trinajstić information content (AvgIpc) is 2.53. The van der Waals surface area contributed by atoms with Gasteiger partial charge in [-0.05, 0) is 50.7 Å². The second-order valence-corrected chi connectivity index (χ2v) is 14.7. The van der Waals surface area contributed by atoms with Crippen LogP contribution in [0.25, 0.3) is 0 Å². The van der Waals surface area contributed by atoms with Gasteiger partial charge in [-0.2, -0.15) is 0 Å². The summed E-state index contributed by atoms with van der Waals surface area (Å²) in [6.07, 6.45) is 11.8. The molecule has 0 aromatic heterocycles. The minimum atomic E-state index is -1.80. The summed E-state index contributed by atoms with van der Waals surface area (Å²) >= 11 is 0. The molecule has 0 spiro atoms. The molecule has 1 fully saturated rings. The first-order chi connectivity index (χ1) is 11.5. The zero-order valence-corrected chi connectivity index (χ0v) is 18.6. The Morgan fingerprint density at radius 3 is 2.40 bits per heavy atom. The van der Waals surface area contributed by atoms with Gasteiger partial charge in [0, 0.05) is 17.3 Å². The van der Waals surface area contributed by atoms with Crippen LogP contribution in [-0.4, -0.2) is 20.7 Å². The molecule has 142 valence electrons. The molecule has 0 saturated heterocycles. The second-order valence-electron chi connectivity index (χ2n) is 9.91. The van der Waals surface area contributed by atoms with E-state index in [1.807, 2.05) is 0 Å². The van der Waals surface area contributed by atoms with Crippen molar-refractivity contribution in [3.63, 3.8) is 0 Å². The van der Waals surface area contributed by atoms with Gasteiger partial charge >= 0.3 is 0 Å². The van der Waals surface area contributed by atoms with Crippen LogP contribution in [0.5, 0.6) is 0 Å². The van der Waals surface area contributed by atoms with Gasteiger partial charge in [0.2, 0.25) is 0 Å². The smallest absolute Gasteiger partial charge is 0.192 e. The molecule has 2 rings (SSSR count). The fourth-order valence-electron chi connectivity index (χ4n) is 4.52. The van der Waals surface area contributed by atoms with Crippen LogP contribution in [0.3, 0.4) is 0 Å². The van der Waals surface area contributed by atoms with E-state index >= 15 is 0 Å². The molecular formula is C22H38O2Si. The predicted octanol–water partition coefficient (Wildman–Crippen LogP) is 6.15. The van der Waals surface area contributed by atoms with Gasteiger partial charge in [0.1, 0.15) is 6.29 Å². The maximum atomic E-state index is 12.2. The second kappa shape index (κ2) is 7.15. The lowest BCUT2D eigenvalue weighted by Gasteiger charge is -2.52. The number of carbonyl (C=O) groups is 1. The number of hydrogen-bond donors (Lipinski definition) is 0. The van der Waals surface area contributed by atoms with Gasteiger partial charge in [0.05, 0.1) is 6.10 Å². The highest BCUT2D eigenvalue weighted by molar-refractivity contribution is 6.74. The van der Waals surface area contributed by atoms with Crippen LogP contribution in [-0.2, 0) is 9.22 Å². The SMILES string of the molecule is C/C=C(/C)[C@@H]1C=C[C@H]2[C@@H](CCC[C@H]2O[Si](C)(C)C(C)(C)C)[C@]1(C)C=O. The topological polar surface area (TPSA) is 26.3 Å². The third-order valence-electron chi connectivity index (χ3n) is 7.34. The maximum Gasteiger partial charge on any atom is 0.192 e. The summed E-state index contributed by atoms with van der Waals surface area (Å²) in [7, 11) is -1.80. The molecule has 0 aliphatic heterocycles. The van der Waals surface area contributed by atoms with Crippen molar-refractivity contribution in [2.75, 3.05) is 0 Å². The summed E-state index contributed by atoms with van der Waals surface area (Å²) in [5.74, 6) is 0.986. The van der Waals surface area contributed by atoms with Gasteiger partial charge in [0.25, 0.3) is 0 Å². The number of allylic oxidation sites excluding steroid dienone is 3. The van der Waals surface area contributed by atoms with Crippen molar-refractivity contribution in [2.45, 2.75) is 85.0 Å². The molecule has 0 aromatic carbocycles. The third kappa shape index (κ3) is 3.73. The number of aldehydes is 1. The van der Waals surface area contributed by atoms with Crippen molar-refractivity contribution in [3.8, 4) is 0 Å². The minimum absolute atomic E-state index is 0.219. The highest BCUT2D eigenvalue weighted by atomic mass is 28.4. The molecule has 0 aromatic rings. The molecule has 0 amide bonds. The summed E-state index contributed by atoms with van der Waals surface area (Å²) in [5, 5.41) is 0.219. The van der Waals surface area contributed by atoms with Crippen LogP contribution in [0.2, 0.25) is 18.1 Å². The van der Waals surface area contributed by atoms with Crippen LogP contribution >= 0.6 is 0 Å². The van der Waals surface area contributed by atoms with Crippen molar-refractivity contribution in [3.05, 3.63) is 23.8 Å². The lowest BCUT2D eigenvalue weighted by Crippen LogP contribution is -2.52. The minimum Gasteiger partial charge on any atom is -0.413 e. The Morgan fingerprint density at radius 1 is 1.24 bits per heavy atom. The Hall–Kier alpha value is -0.673. The quantitative estimate of drug-likeness (QED) is 0.340. The molecular weight excluding hydrogens is 324 g/mol. The lowest BCUT2D eigenvalue weighted by atomic mass is 9.55. The number of fused-ring (bicyclic) bond motifs is 1. The summed E-state index contributed by atoms with van der Waals surface area (Å²) in [6, 6.07) is 0. The first kappa shape index (κ1) is 20.6. The molecule has 2 aliphatic carbocycles. The zero-order chi connectivity index (χ0) is 19.0. The van der Waals surface area contributed by atoms with Gasteiger partial charge in [-0.25, -0.2) is 0 Å². The van der Waals surface area contributed by atoms with Crippen LogP contribution in [0, 0.1) is 23.2 Å². The largest absolute Gasteiger partial charge is 0.413 e. The Morgan fingerprint density at radius 2 is 1.88 bits per heavy atom. The van der Waals surface area contributed by atoms with E-state index in [9.17, 15) is 4.79 Å². The van der Waals surface area contributed by atoms with E-state index in [-0.39, 0.29) is 22.5 Å². The van der Waals surface area contributed by atoms with Crippen molar-refractivity contribution >= 4 is 14.6 Å². The third-order valence-corrected chi connectivity index (χ3v) is 11.8. The summed E-state index contributed by atoms with van der Waals surface area (Å²) < 4.78 is 6.83. The predicted molar refractivity (Wildman–Crippen MR) is 109 cm³/mol. The Balaban J connectivity index is 2.35. The summed E-state index contributed by atoms with van der Waals surface area (Å²) in [6.45, 7) is 18.0. The number of rotatable bonds is 4. The highest BCUT2D eigenvalue weighted by Gasteiger charge is 2.51. The van der Waals surface area contributed by atoms with Crippen LogP contribution < -0.4 is 0 Å². The molecule has 0 radical (unpaired) electrons. The van der Waals surface area contributed by atoms with Crippen molar-refractivity contribution in [2.24, 2.45) is 23.2 Å². The van der Waals surface area contributed by atoms with E-state index in [0.29, 0.717) is 11.8 Å². The van der Waals surface area contributed by atoms with E-state index in [1.54, 1.807) is 0 Å². The monoisotopic (exact) mass is 362 g/mol. The normalized spacial score (nSPS) is 36.9. The van der Waals surface area contributed by atoms with E-state index in [0.717, 1.165) is 12.8 Å². The van der Waals surface area contributed by atoms with E-state index in [1.165, 1.54) is 18.3 Å². The molecule has 5 atom stereocenters. The molecule has 1 saturated carbocycles. The van der Waals surface area contributed by atoms with Gasteiger partial charge in [-0.1, -0.05) is 57.9 Å². The molecule has 0 heterocycles. The summed E-state index contributed by atoms with van der Waals surface area (Å²) in [4.78, 5) is 12.2. The first-order valence-corrected chi connectivity index (χ1v) is 12.8. The van der Waals surface area contributed by atoms with Gasteiger partial charge < -0.3 is 9.22 Å². The molecule has 2 aliphatic rings. The van der Waals surface area contributed by atoms with Crippen molar-refractivity contribution in [1.82, 2.24) is 0 Å². The van der Waals surface area contributed by atoms with Crippen LogP contribution in [0.15, 0.2) is 23.8 Å². The maximum absolute atomic E-state index is 12.2. The Bertz CT molecular complexity index is 555. The molecule has 0 bridgehead atoms. The molecule has 3 heteroatoms. The van der Waals surface area contributed by atoms with Crippen molar-refractivity contribution < 1.29 is 9.22 Å². The fourth-order valence-corrected chi connectivity index (χ4v) is 5.90. The Kier molecular flexibility index (Phi) is 5.90. The highest BCUT2D eigenvalue weighted by Crippen LogP contribution is 2.53. The lowest BCUT2D eigenvalue weighted by molar-refractivity contribution is -0.124. The Labute approximate surface area is 156 Å². The molecule has 25 heavy (non-hydrogen) atoms. The summed E-state index contributed by atoms with van der Waals surface area (Å²) in [5.41, 5.74) is 0.989. The standard InChI is InChI=1S/C22H38O2Si/c1-9-16(2)18-14-13-17-19(22(18,6)15-23)11-10-12-20(17)24-25(7,8)21(3,4)5/h9,13-15,17-20H,10-12H2,1-8H3/b16-9-/t17-,18-,19+,20+,22+/m0/s1. The number of hydrogen-bond acceptors (Lipinski definition) is 2. The van der Waals surface area contributed by atoms with Crippen molar-refractivity contribution in [1.29, 1.82) is 0 Å². The molecule has 2 nitrogen and oxygen atoms in total. The van der Waals surface area contributed by atoms with Gasteiger partial charge in [-0.3, -0.25) is 0 Å². The molecule has 0 unspecified atom stereocenters. The van der Waals surface area contributed by atoms with E-state index in [2.05, 4.69) is 72.9 Å². The molecule has 0 N–H and O–H groups in total. The van der Waals surface area contributed by atoms with Crippen LogP contribution in [0.1, 0.15) is 60.8 Å². The van der Waals surface area contributed by atoms with Crippen LogP contribution in [0.4, 0.5) is 0 Å². The first-order valence-electron chi connectivity index (χ1n) is 9.93. The van der Waals surface area contributed by atoms with Gasteiger partial charge in [-0.15, -0.1) is 0 Å². The average molecular weight is 363 g/mol. The number of carbonyl (C=O) groups excluding carboxylic acids is 1.